The fourth-order valence-electron chi connectivity index (χ4n) is 2.71. The SMILES string of the molecule is CC(CN)C(=O)NC[C@H](NC(=O)c1ccc(C(=O)NCc2cccc(O)c2)cc1Cl)C(=O)O. The Balaban J connectivity index is 2.01. The highest BCUT2D eigenvalue weighted by molar-refractivity contribution is 6.34. The van der Waals surface area contributed by atoms with E-state index in [2.05, 4.69) is 16.0 Å². The highest BCUT2D eigenvalue weighted by atomic mass is 35.5. The summed E-state index contributed by atoms with van der Waals surface area (Å²) in [6.45, 7) is 1.52. The molecular formula is C22H25ClN4O6. The van der Waals surface area contributed by atoms with Gasteiger partial charge >= 0.3 is 5.97 Å². The molecule has 33 heavy (non-hydrogen) atoms. The molecule has 1 unspecified atom stereocenters. The number of phenols is 1. The Morgan fingerprint density at radius 3 is 2.39 bits per heavy atom. The minimum atomic E-state index is -1.40. The zero-order valence-electron chi connectivity index (χ0n) is 17.8. The maximum Gasteiger partial charge on any atom is 0.328 e. The van der Waals surface area contributed by atoms with Gasteiger partial charge in [-0.2, -0.15) is 0 Å². The monoisotopic (exact) mass is 476 g/mol. The molecule has 0 aromatic heterocycles. The quantitative estimate of drug-likeness (QED) is 0.295. The number of hydrogen-bond donors (Lipinski definition) is 6. The van der Waals surface area contributed by atoms with Gasteiger partial charge in [0.15, 0.2) is 0 Å². The van der Waals surface area contributed by atoms with E-state index < -0.39 is 35.7 Å². The molecule has 2 atom stereocenters. The molecule has 11 heteroatoms. The number of carboxylic acids is 1. The number of nitrogens with two attached hydrogens (primary N) is 1. The topological polar surface area (TPSA) is 171 Å². The Hall–Kier alpha value is -3.63. The maximum absolute atomic E-state index is 12.5. The van der Waals surface area contributed by atoms with Gasteiger partial charge in [0.25, 0.3) is 11.8 Å². The summed E-state index contributed by atoms with van der Waals surface area (Å²) in [5.74, 6) is -3.43. The summed E-state index contributed by atoms with van der Waals surface area (Å²) < 4.78 is 0. The van der Waals surface area contributed by atoms with Crippen molar-refractivity contribution in [3.8, 4) is 5.75 Å². The van der Waals surface area contributed by atoms with Gasteiger partial charge in [0.2, 0.25) is 5.91 Å². The Morgan fingerprint density at radius 2 is 1.79 bits per heavy atom. The van der Waals surface area contributed by atoms with Crippen LogP contribution in [0.5, 0.6) is 5.75 Å². The van der Waals surface area contributed by atoms with E-state index in [1.54, 1.807) is 19.1 Å². The largest absolute Gasteiger partial charge is 0.508 e. The van der Waals surface area contributed by atoms with Crippen LogP contribution in [-0.2, 0) is 16.1 Å². The number of rotatable bonds is 10. The first kappa shape index (κ1) is 25.6. The van der Waals surface area contributed by atoms with Gasteiger partial charge in [-0.25, -0.2) is 4.79 Å². The van der Waals surface area contributed by atoms with Crippen molar-refractivity contribution in [3.05, 3.63) is 64.2 Å². The van der Waals surface area contributed by atoms with Gasteiger partial charge < -0.3 is 31.9 Å². The lowest BCUT2D eigenvalue weighted by Crippen LogP contribution is -2.49. The summed E-state index contributed by atoms with van der Waals surface area (Å²) in [6, 6.07) is 8.97. The summed E-state index contributed by atoms with van der Waals surface area (Å²) in [5, 5.41) is 26.2. The first-order valence-corrected chi connectivity index (χ1v) is 10.4. The molecule has 3 amide bonds. The van der Waals surface area contributed by atoms with Crippen LogP contribution in [0, 0.1) is 5.92 Å². The number of benzene rings is 2. The predicted octanol–water partition coefficient (Wildman–Crippen LogP) is 0.870. The molecule has 0 fully saturated rings. The molecule has 0 spiro atoms. The highest BCUT2D eigenvalue weighted by Gasteiger charge is 2.24. The fourth-order valence-corrected chi connectivity index (χ4v) is 2.98. The molecule has 0 aliphatic rings. The number of aromatic hydroxyl groups is 1. The molecule has 10 nitrogen and oxygen atoms in total. The Bertz CT molecular complexity index is 1050. The van der Waals surface area contributed by atoms with E-state index in [1.807, 2.05) is 0 Å². The fraction of sp³-hybridized carbons (Fsp3) is 0.273. The summed E-state index contributed by atoms with van der Waals surface area (Å²) in [5.41, 5.74) is 6.25. The number of carbonyl (C=O) groups is 4. The van der Waals surface area contributed by atoms with E-state index in [9.17, 15) is 29.4 Å². The molecule has 0 heterocycles. The van der Waals surface area contributed by atoms with Gasteiger partial charge in [-0.1, -0.05) is 30.7 Å². The van der Waals surface area contributed by atoms with E-state index in [4.69, 9.17) is 17.3 Å². The Morgan fingerprint density at radius 1 is 1.06 bits per heavy atom. The normalized spacial score (nSPS) is 12.3. The summed E-state index contributed by atoms with van der Waals surface area (Å²) in [7, 11) is 0. The minimum absolute atomic E-state index is 0.0332. The lowest BCUT2D eigenvalue weighted by molar-refractivity contribution is -0.139. The van der Waals surface area contributed by atoms with Crippen molar-refractivity contribution in [1.82, 2.24) is 16.0 Å². The van der Waals surface area contributed by atoms with Gasteiger partial charge in [0.1, 0.15) is 11.8 Å². The second kappa shape index (κ2) is 11.8. The standard InChI is InChI=1S/C22H25ClN4O6/c1-12(9-24)19(29)26-11-18(22(32)33)27-21(31)16-6-5-14(8-17(16)23)20(30)25-10-13-3-2-4-15(28)7-13/h2-8,12,18,28H,9-11,24H2,1H3,(H,25,30)(H,26,29)(H,27,31)(H,32,33)/t12?,18-/m0/s1. The van der Waals surface area contributed by atoms with Crippen LogP contribution in [0.15, 0.2) is 42.5 Å². The molecule has 0 bridgehead atoms. The maximum atomic E-state index is 12.5. The second-order valence-electron chi connectivity index (χ2n) is 7.29. The zero-order valence-corrected chi connectivity index (χ0v) is 18.6. The first-order chi connectivity index (χ1) is 15.6. The molecule has 7 N–H and O–H groups in total. The highest BCUT2D eigenvalue weighted by Crippen LogP contribution is 2.18. The van der Waals surface area contributed by atoms with Crippen molar-refractivity contribution in [2.75, 3.05) is 13.1 Å². The van der Waals surface area contributed by atoms with E-state index in [-0.39, 0.29) is 41.5 Å². The third-order valence-corrected chi connectivity index (χ3v) is 5.04. The number of phenolic OH excluding ortho intramolecular Hbond substituents is 1. The third kappa shape index (κ3) is 7.48. The van der Waals surface area contributed by atoms with Crippen molar-refractivity contribution < 1.29 is 29.4 Å². The van der Waals surface area contributed by atoms with Crippen molar-refractivity contribution in [2.24, 2.45) is 11.7 Å². The minimum Gasteiger partial charge on any atom is -0.508 e. The summed E-state index contributed by atoms with van der Waals surface area (Å²) in [6.07, 6.45) is 0. The molecule has 2 rings (SSSR count). The molecule has 0 radical (unpaired) electrons. The van der Waals surface area contributed by atoms with Crippen LogP contribution in [0.25, 0.3) is 0 Å². The second-order valence-corrected chi connectivity index (χ2v) is 7.70. The summed E-state index contributed by atoms with van der Waals surface area (Å²) >= 11 is 6.15. The van der Waals surface area contributed by atoms with Gasteiger partial charge in [-0.05, 0) is 35.9 Å². The number of carbonyl (C=O) groups excluding carboxylic acids is 3. The van der Waals surface area contributed by atoms with E-state index >= 15 is 0 Å². The van der Waals surface area contributed by atoms with Crippen molar-refractivity contribution in [3.63, 3.8) is 0 Å². The van der Waals surface area contributed by atoms with Crippen molar-refractivity contribution >= 4 is 35.3 Å². The average Bonchev–Trinajstić information content (AvgIpc) is 2.78. The third-order valence-electron chi connectivity index (χ3n) is 4.72. The van der Waals surface area contributed by atoms with Crippen LogP contribution < -0.4 is 21.7 Å². The van der Waals surface area contributed by atoms with Gasteiger partial charge in [-0.15, -0.1) is 0 Å². The van der Waals surface area contributed by atoms with Gasteiger partial charge in [-0.3, -0.25) is 14.4 Å². The van der Waals surface area contributed by atoms with Gasteiger partial charge in [0, 0.05) is 31.1 Å². The van der Waals surface area contributed by atoms with Crippen LogP contribution in [0.4, 0.5) is 0 Å². The number of nitrogens with one attached hydrogen (secondary N) is 3. The molecule has 176 valence electrons. The lowest BCUT2D eigenvalue weighted by atomic mass is 10.1. The predicted molar refractivity (Wildman–Crippen MR) is 121 cm³/mol. The van der Waals surface area contributed by atoms with Crippen LogP contribution in [-0.4, -0.2) is 53.0 Å². The van der Waals surface area contributed by atoms with Crippen LogP contribution in [0.3, 0.4) is 0 Å². The van der Waals surface area contributed by atoms with Crippen molar-refractivity contribution in [1.29, 1.82) is 0 Å². The molecule has 2 aromatic rings. The Labute approximate surface area is 195 Å². The average molecular weight is 477 g/mol. The number of hydrogen-bond acceptors (Lipinski definition) is 6. The van der Waals surface area contributed by atoms with Crippen LogP contribution >= 0.6 is 11.6 Å². The number of amides is 3. The molecular weight excluding hydrogens is 452 g/mol. The molecule has 2 aromatic carbocycles. The Kier molecular flexibility index (Phi) is 9.19. The first-order valence-electron chi connectivity index (χ1n) is 9.99. The smallest absolute Gasteiger partial charge is 0.328 e. The van der Waals surface area contributed by atoms with Crippen molar-refractivity contribution in [2.45, 2.75) is 19.5 Å². The van der Waals surface area contributed by atoms with E-state index in [0.717, 1.165) is 0 Å². The molecule has 0 aliphatic carbocycles. The number of carboxylic acid groups (broad SMARTS) is 1. The lowest BCUT2D eigenvalue weighted by Gasteiger charge is -2.17. The van der Waals surface area contributed by atoms with E-state index in [0.29, 0.717) is 5.56 Å². The zero-order chi connectivity index (χ0) is 24.5. The van der Waals surface area contributed by atoms with E-state index in [1.165, 1.54) is 30.3 Å². The molecule has 0 saturated carbocycles. The van der Waals surface area contributed by atoms with Crippen LogP contribution in [0.2, 0.25) is 5.02 Å². The van der Waals surface area contributed by atoms with Gasteiger partial charge in [0.05, 0.1) is 10.6 Å². The molecule has 0 aliphatic heterocycles. The van der Waals surface area contributed by atoms with Crippen LogP contribution in [0.1, 0.15) is 33.2 Å². The molecule has 0 saturated heterocycles. The number of aliphatic carboxylic acids is 1. The number of halogens is 1. The summed E-state index contributed by atoms with van der Waals surface area (Å²) in [4.78, 5) is 48.2.